The third kappa shape index (κ3) is 2.22. The standard InChI is InChI=1S/C22H32O3/c1-3-21-12-14(2)20-16-8-9-22(24-10-11-25-22)13-15(16)4-5-17(20)18(21)6-7-19(21)23/h4,16-20,23H,2-3,5-13H2,1H3/t16?,17?,18?,19?,20?,21-/m0/s1. The Morgan fingerprint density at radius 1 is 1.20 bits per heavy atom. The fraction of sp³-hybridized carbons (Fsp3) is 0.818. The van der Waals surface area contributed by atoms with Gasteiger partial charge in [0, 0.05) is 18.3 Å². The number of hydrogen-bond donors (Lipinski definition) is 1. The zero-order valence-corrected chi connectivity index (χ0v) is 15.5. The molecule has 1 heterocycles. The molecule has 1 aliphatic heterocycles. The summed E-state index contributed by atoms with van der Waals surface area (Å²) in [5.74, 6) is 2.30. The quantitative estimate of drug-likeness (QED) is 0.724. The lowest BCUT2D eigenvalue weighted by molar-refractivity contribution is -0.175. The van der Waals surface area contributed by atoms with Crippen LogP contribution in [0.2, 0.25) is 0 Å². The summed E-state index contributed by atoms with van der Waals surface area (Å²) in [7, 11) is 0. The molecule has 0 aromatic heterocycles. The first-order valence-electron chi connectivity index (χ1n) is 10.4. The van der Waals surface area contributed by atoms with Crippen molar-refractivity contribution in [3.05, 3.63) is 23.8 Å². The van der Waals surface area contributed by atoms with Crippen LogP contribution in [-0.2, 0) is 9.47 Å². The van der Waals surface area contributed by atoms with Crippen molar-refractivity contribution in [1.29, 1.82) is 0 Å². The Balaban J connectivity index is 1.46. The van der Waals surface area contributed by atoms with Crippen LogP contribution in [0.4, 0.5) is 0 Å². The second-order valence-corrected chi connectivity index (χ2v) is 9.26. The highest BCUT2D eigenvalue weighted by atomic mass is 16.7. The average molecular weight is 344 g/mol. The fourth-order valence-electron chi connectivity index (χ4n) is 7.41. The number of hydrogen-bond acceptors (Lipinski definition) is 3. The molecule has 1 saturated heterocycles. The molecule has 5 rings (SSSR count). The van der Waals surface area contributed by atoms with Gasteiger partial charge in [0.05, 0.1) is 19.3 Å². The van der Waals surface area contributed by atoms with Gasteiger partial charge in [-0.25, -0.2) is 0 Å². The molecule has 5 unspecified atom stereocenters. The second-order valence-electron chi connectivity index (χ2n) is 9.26. The van der Waals surface area contributed by atoms with Crippen LogP contribution in [0.5, 0.6) is 0 Å². The predicted molar refractivity (Wildman–Crippen MR) is 96.9 cm³/mol. The fourth-order valence-corrected chi connectivity index (χ4v) is 7.41. The molecule has 3 saturated carbocycles. The topological polar surface area (TPSA) is 38.7 Å². The van der Waals surface area contributed by atoms with Gasteiger partial charge < -0.3 is 14.6 Å². The van der Waals surface area contributed by atoms with Crippen molar-refractivity contribution in [3.63, 3.8) is 0 Å². The Hall–Kier alpha value is -0.640. The molecule has 0 aromatic rings. The van der Waals surface area contributed by atoms with Gasteiger partial charge in [0.25, 0.3) is 0 Å². The smallest absolute Gasteiger partial charge is 0.172 e. The number of aliphatic hydroxyl groups excluding tert-OH is 1. The summed E-state index contributed by atoms with van der Waals surface area (Å²) in [6.07, 6.45) is 11.0. The molecular formula is C22H32O3. The van der Waals surface area contributed by atoms with Gasteiger partial charge in [-0.05, 0) is 62.2 Å². The van der Waals surface area contributed by atoms with Crippen molar-refractivity contribution in [2.24, 2.45) is 29.1 Å². The van der Waals surface area contributed by atoms with E-state index in [-0.39, 0.29) is 17.3 Å². The summed E-state index contributed by atoms with van der Waals surface area (Å²) >= 11 is 0. The molecular weight excluding hydrogens is 312 g/mol. The first-order valence-corrected chi connectivity index (χ1v) is 10.4. The highest BCUT2D eigenvalue weighted by Crippen LogP contribution is 2.64. The van der Waals surface area contributed by atoms with Crippen molar-refractivity contribution < 1.29 is 14.6 Å². The Morgan fingerprint density at radius 3 is 2.76 bits per heavy atom. The zero-order valence-electron chi connectivity index (χ0n) is 15.5. The highest BCUT2D eigenvalue weighted by molar-refractivity contribution is 5.29. The monoisotopic (exact) mass is 344 g/mol. The normalized spacial score (nSPS) is 48.0. The van der Waals surface area contributed by atoms with Crippen LogP contribution in [0.25, 0.3) is 0 Å². The minimum Gasteiger partial charge on any atom is -0.393 e. The maximum atomic E-state index is 10.8. The van der Waals surface area contributed by atoms with Crippen LogP contribution in [-0.4, -0.2) is 30.2 Å². The van der Waals surface area contributed by atoms with E-state index in [2.05, 4.69) is 19.6 Å². The van der Waals surface area contributed by atoms with Crippen LogP contribution >= 0.6 is 0 Å². The number of allylic oxidation sites excluding steroid dienone is 2. The van der Waals surface area contributed by atoms with Gasteiger partial charge in [0.2, 0.25) is 0 Å². The molecule has 5 aliphatic rings. The van der Waals surface area contributed by atoms with Crippen molar-refractivity contribution in [1.82, 2.24) is 0 Å². The van der Waals surface area contributed by atoms with E-state index in [4.69, 9.17) is 9.47 Å². The van der Waals surface area contributed by atoms with Gasteiger partial charge in [-0.15, -0.1) is 0 Å². The molecule has 1 spiro atoms. The van der Waals surface area contributed by atoms with Crippen molar-refractivity contribution in [3.8, 4) is 0 Å². The average Bonchev–Trinajstić information content (AvgIpc) is 3.20. The third-order valence-corrected chi connectivity index (χ3v) is 8.50. The minimum absolute atomic E-state index is 0.108. The van der Waals surface area contributed by atoms with E-state index in [0.717, 1.165) is 51.7 Å². The molecule has 1 N–H and O–H groups in total. The molecule has 3 heteroatoms. The summed E-state index contributed by atoms with van der Waals surface area (Å²) in [5, 5.41) is 10.8. The summed E-state index contributed by atoms with van der Waals surface area (Å²) in [6.45, 7) is 8.33. The lowest BCUT2D eigenvalue weighted by atomic mass is 9.50. The minimum atomic E-state index is -0.318. The van der Waals surface area contributed by atoms with Crippen LogP contribution in [0.1, 0.15) is 58.3 Å². The SMILES string of the molecule is C=C1C[C@]2(CC)C(O)CCC2C2CC=C3CC4(CCC3C12)OCCO4. The van der Waals surface area contributed by atoms with E-state index in [9.17, 15) is 5.11 Å². The summed E-state index contributed by atoms with van der Waals surface area (Å²) in [6, 6.07) is 0. The lowest BCUT2D eigenvalue weighted by Gasteiger charge is -2.55. The van der Waals surface area contributed by atoms with Gasteiger partial charge in [0.15, 0.2) is 5.79 Å². The lowest BCUT2D eigenvalue weighted by Crippen LogP contribution is -2.50. The highest BCUT2D eigenvalue weighted by Gasteiger charge is 2.59. The molecule has 0 amide bonds. The van der Waals surface area contributed by atoms with Crippen LogP contribution in [0, 0.1) is 29.1 Å². The van der Waals surface area contributed by atoms with E-state index >= 15 is 0 Å². The van der Waals surface area contributed by atoms with Gasteiger partial charge >= 0.3 is 0 Å². The van der Waals surface area contributed by atoms with E-state index in [1.165, 1.54) is 18.4 Å². The Labute approximate surface area is 151 Å². The van der Waals surface area contributed by atoms with E-state index in [0.29, 0.717) is 23.7 Å². The molecule has 25 heavy (non-hydrogen) atoms. The van der Waals surface area contributed by atoms with Crippen molar-refractivity contribution in [2.75, 3.05) is 13.2 Å². The Kier molecular flexibility index (Phi) is 3.75. The van der Waals surface area contributed by atoms with Gasteiger partial charge in [-0.1, -0.05) is 30.7 Å². The molecule has 6 atom stereocenters. The number of ether oxygens (including phenoxy) is 2. The van der Waals surface area contributed by atoms with Gasteiger partial charge in [0.1, 0.15) is 0 Å². The molecule has 0 bridgehead atoms. The molecule has 4 aliphatic carbocycles. The van der Waals surface area contributed by atoms with Gasteiger partial charge in [-0.2, -0.15) is 0 Å². The Morgan fingerprint density at radius 2 is 2.00 bits per heavy atom. The summed E-state index contributed by atoms with van der Waals surface area (Å²) in [4.78, 5) is 0. The molecule has 4 fully saturated rings. The second kappa shape index (κ2) is 5.68. The van der Waals surface area contributed by atoms with E-state index in [1.807, 2.05) is 0 Å². The first-order chi connectivity index (χ1) is 12.1. The van der Waals surface area contributed by atoms with Crippen LogP contribution < -0.4 is 0 Å². The van der Waals surface area contributed by atoms with E-state index in [1.54, 1.807) is 5.57 Å². The maximum absolute atomic E-state index is 10.8. The molecule has 3 nitrogen and oxygen atoms in total. The first kappa shape index (κ1) is 16.5. The van der Waals surface area contributed by atoms with Gasteiger partial charge in [-0.3, -0.25) is 0 Å². The molecule has 0 radical (unpaired) electrons. The number of rotatable bonds is 1. The van der Waals surface area contributed by atoms with Crippen molar-refractivity contribution in [2.45, 2.75) is 70.2 Å². The molecule has 0 aromatic carbocycles. The number of aliphatic hydroxyl groups is 1. The van der Waals surface area contributed by atoms with Crippen LogP contribution in [0.3, 0.4) is 0 Å². The Bertz CT molecular complexity index is 602. The van der Waals surface area contributed by atoms with Crippen LogP contribution in [0.15, 0.2) is 23.8 Å². The zero-order chi connectivity index (χ0) is 17.2. The summed E-state index contributed by atoms with van der Waals surface area (Å²) < 4.78 is 12.0. The third-order valence-electron chi connectivity index (χ3n) is 8.50. The largest absolute Gasteiger partial charge is 0.393 e. The summed E-state index contributed by atoms with van der Waals surface area (Å²) in [5.41, 5.74) is 3.10. The number of fused-ring (bicyclic) bond motifs is 5. The molecule has 138 valence electrons. The van der Waals surface area contributed by atoms with Crippen molar-refractivity contribution >= 4 is 0 Å². The maximum Gasteiger partial charge on any atom is 0.172 e. The predicted octanol–water partition coefficient (Wildman–Crippen LogP) is 4.22. The van der Waals surface area contributed by atoms with E-state index < -0.39 is 0 Å².